The lowest BCUT2D eigenvalue weighted by Crippen LogP contribution is -2.08. The molecule has 1 atom stereocenters. The zero-order valence-electron chi connectivity index (χ0n) is 9.36. The van der Waals surface area contributed by atoms with Crippen LogP contribution in [0.25, 0.3) is 0 Å². The van der Waals surface area contributed by atoms with Gasteiger partial charge in [0.15, 0.2) is 17.5 Å². The standard InChI is InChI=1S/C12H9F3N2O/c1-6-16-5-4-9(17-6)12(18)7-2-3-8(13)11(15)10(7)14/h2-5,12,18H,1H3. The number of benzene rings is 1. The fourth-order valence-electron chi connectivity index (χ4n) is 1.54. The van der Waals surface area contributed by atoms with Crippen LogP contribution in [-0.2, 0) is 0 Å². The van der Waals surface area contributed by atoms with E-state index in [0.29, 0.717) is 5.82 Å². The predicted octanol–water partition coefficient (Wildman–Crippen LogP) is 2.28. The van der Waals surface area contributed by atoms with Crippen molar-refractivity contribution in [1.82, 2.24) is 9.97 Å². The highest BCUT2D eigenvalue weighted by atomic mass is 19.2. The topological polar surface area (TPSA) is 46.0 Å². The van der Waals surface area contributed by atoms with Crippen LogP contribution in [0.3, 0.4) is 0 Å². The number of hydrogen-bond acceptors (Lipinski definition) is 3. The van der Waals surface area contributed by atoms with E-state index in [9.17, 15) is 18.3 Å². The van der Waals surface area contributed by atoms with Gasteiger partial charge in [0.1, 0.15) is 11.9 Å². The zero-order chi connectivity index (χ0) is 13.3. The van der Waals surface area contributed by atoms with Crippen molar-refractivity contribution in [3.05, 3.63) is 58.9 Å². The lowest BCUT2D eigenvalue weighted by Gasteiger charge is -2.12. The molecule has 3 nitrogen and oxygen atoms in total. The summed E-state index contributed by atoms with van der Waals surface area (Å²) in [7, 11) is 0. The molecule has 0 aliphatic carbocycles. The van der Waals surface area contributed by atoms with Gasteiger partial charge in [-0.05, 0) is 25.1 Å². The molecule has 1 aromatic carbocycles. The van der Waals surface area contributed by atoms with Crippen LogP contribution >= 0.6 is 0 Å². The van der Waals surface area contributed by atoms with Gasteiger partial charge in [0.25, 0.3) is 0 Å². The largest absolute Gasteiger partial charge is 0.382 e. The van der Waals surface area contributed by atoms with E-state index >= 15 is 0 Å². The second-order valence-electron chi connectivity index (χ2n) is 3.70. The molecular formula is C12H9F3N2O. The average molecular weight is 254 g/mol. The normalized spacial score (nSPS) is 12.5. The molecule has 6 heteroatoms. The van der Waals surface area contributed by atoms with E-state index in [4.69, 9.17) is 0 Å². The number of rotatable bonds is 2. The molecule has 2 rings (SSSR count). The number of nitrogens with zero attached hydrogens (tertiary/aromatic N) is 2. The molecule has 0 fully saturated rings. The second-order valence-corrected chi connectivity index (χ2v) is 3.70. The van der Waals surface area contributed by atoms with Gasteiger partial charge in [0.2, 0.25) is 0 Å². The molecule has 0 aliphatic rings. The van der Waals surface area contributed by atoms with E-state index < -0.39 is 23.6 Å². The van der Waals surface area contributed by atoms with Crippen molar-refractivity contribution in [2.45, 2.75) is 13.0 Å². The van der Waals surface area contributed by atoms with E-state index in [1.165, 1.54) is 12.3 Å². The van der Waals surface area contributed by atoms with E-state index in [1.54, 1.807) is 6.92 Å². The maximum Gasteiger partial charge on any atom is 0.194 e. The highest BCUT2D eigenvalue weighted by molar-refractivity contribution is 5.28. The van der Waals surface area contributed by atoms with Crippen LogP contribution in [-0.4, -0.2) is 15.1 Å². The van der Waals surface area contributed by atoms with Crippen LogP contribution in [0.4, 0.5) is 13.2 Å². The predicted molar refractivity (Wildman–Crippen MR) is 57.1 cm³/mol. The fourth-order valence-corrected chi connectivity index (χ4v) is 1.54. The number of hydrogen-bond donors (Lipinski definition) is 1. The van der Waals surface area contributed by atoms with Crippen molar-refractivity contribution in [3.8, 4) is 0 Å². The number of aliphatic hydroxyl groups is 1. The Morgan fingerprint density at radius 3 is 2.50 bits per heavy atom. The summed E-state index contributed by atoms with van der Waals surface area (Å²) < 4.78 is 39.3. The van der Waals surface area contributed by atoms with Gasteiger partial charge in [0, 0.05) is 11.8 Å². The third kappa shape index (κ3) is 2.19. The molecule has 1 aromatic heterocycles. The van der Waals surface area contributed by atoms with Crippen molar-refractivity contribution in [2.75, 3.05) is 0 Å². The molecule has 94 valence electrons. The first-order valence-electron chi connectivity index (χ1n) is 5.11. The molecule has 0 spiro atoms. The van der Waals surface area contributed by atoms with Crippen molar-refractivity contribution >= 4 is 0 Å². The molecule has 2 aromatic rings. The highest BCUT2D eigenvalue weighted by Crippen LogP contribution is 2.25. The Labute approximate surface area is 101 Å². The molecule has 0 aliphatic heterocycles. The number of aliphatic hydroxyl groups excluding tert-OH is 1. The van der Waals surface area contributed by atoms with Gasteiger partial charge in [-0.3, -0.25) is 0 Å². The van der Waals surface area contributed by atoms with Gasteiger partial charge in [-0.2, -0.15) is 0 Å². The summed E-state index contributed by atoms with van der Waals surface area (Å²) in [5.41, 5.74) is -0.251. The van der Waals surface area contributed by atoms with Crippen molar-refractivity contribution in [2.24, 2.45) is 0 Å². The van der Waals surface area contributed by atoms with Gasteiger partial charge in [-0.25, -0.2) is 23.1 Å². The molecule has 0 bridgehead atoms. The molecule has 18 heavy (non-hydrogen) atoms. The maximum absolute atomic E-state index is 13.5. The van der Waals surface area contributed by atoms with Gasteiger partial charge >= 0.3 is 0 Å². The van der Waals surface area contributed by atoms with E-state index in [1.807, 2.05) is 0 Å². The Hall–Kier alpha value is -1.95. The maximum atomic E-state index is 13.5. The monoisotopic (exact) mass is 254 g/mol. The minimum Gasteiger partial charge on any atom is -0.382 e. The zero-order valence-corrected chi connectivity index (χ0v) is 9.36. The van der Waals surface area contributed by atoms with Crippen LogP contribution in [0.2, 0.25) is 0 Å². The number of aromatic nitrogens is 2. The highest BCUT2D eigenvalue weighted by Gasteiger charge is 2.21. The van der Waals surface area contributed by atoms with Crippen molar-refractivity contribution in [1.29, 1.82) is 0 Å². The second kappa shape index (κ2) is 4.73. The Kier molecular flexibility index (Phi) is 3.29. The van der Waals surface area contributed by atoms with E-state index in [2.05, 4.69) is 9.97 Å². The Balaban J connectivity index is 2.46. The Morgan fingerprint density at radius 2 is 1.83 bits per heavy atom. The molecule has 1 N–H and O–H groups in total. The molecular weight excluding hydrogens is 245 g/mol. The van der Waals surface area contributed by atoms with Gasteiger partial charge < -0.3 is 5.11 Å². The Morgan fingerprint density at radius 1 is 1.11 bits per heavy atom. The first-order chi connectivity index (χ1) is 8.50. The summed E-state index contributed by atoms with van der Waals surface area (Å²) in [4.78, 5) is 7.72. The fraction of sp³-hybridized carbons (Fsp3) is 0.167. The third-order valence-electron chi connectivity index (χ3n) is 2.44. The molecule has 0 amide bonds. The van der Waals surface area contributed by atoms with Crippen molar-refractivity contribution in [3.63, 3.8) is 0 Å². The molecule has 1 unspecified atom stereocenters. The summed E-state index contributed by atoms with van der Waals surface area (Å²) in [5.74, 6) is -3.95. The first-order valence-corrected chi connectivity index (χ1v) is 5.11. The van der Waals surface area contributed by atoms with Crippen LogP contribution in [0.1, 0.15) is 23.2 Å². The molecule has 0 saturated heterocycles. The van der Waals surface area contributed by atoms with Crippen LogP contribution in [0.15, 0.2) is 24.4 Å². The summed E-state index contributed by atoms with van der Waals surface area (Å²) in [6.07, 6.45) is -0.0830. The number of halogens is 3. The minimum atomic E-state index is -1.61. The van der Waals surface area contributed by atoms with Gasteiger partial charge in [-0.1, -0.05) is 0 Å². The smallest absolute Gasteiger partial charge is 0.194 e. The van der Waals surface area contributed by atoms with Gasteiger partial charge in [0.05, 0.1) is 5.69 Å². The number of aryl methyl sites for hydroxylation is 1. The quantitative estimate of drug-likeness (QED) is 0.836. The molecule has 0 saturated carbocycles. The summed E-state index contributed by atoms with van der Waals surface area (Å²) in [6, 6.07) is 3.11. The lowest BCUT2D eigenvalue weighted by molar-refractivity contribution is 0.207. The van der Waals surface area contributed by atoms with E-state index in [-0.39, 0.29) is 11.3 Å². The SMILES string of the molecule is Cc1nccc(C(O)c2ccc(F)c(F)c2F)n1. The average Bonchev–Trinajstić information content (AvgIpc) is 2.35. The van der Waals surface area contributed by atoms with Crippen LogP contribution < -0.4 is 0 Å². The summed E-state index contributed by atoms with van der Waals surface area (Å²) in [5, 5.41) is 9.89. The first kappa shape index (κ1) is 12.5. The molecule has 1 heterocycles. The Bertz CT molecular complexity index is 590. The molecule has 0 radical (unpaired) electrons. The van der Waals surface area contributed by atoms with Crippen LogP contribution in [0, 0.1) is 24.4 Å². The summed E-state index contributed by atoms with van der Waals surface area (Å²) >= 11 is 0. The lowest BCUT2D eigenvalue weighted by atomic mass is 10.1. The van der Waals surface area contributed by atoms with Crippen molar-refractivity contribution < 1.29 is 18.3 Å². The van der Waals surface area contributed by atoms with Gasteiger partial charge in [-0.15, -0.1) is 0 Å². The van der Waals surface area contributed by atoms with E-state index in [0.717, 1.165) is 12.1 Å². The summed E-state index contributed by atoms with van der Waals surface area (Å²) in [6.45, 7) is 1.60. The van der Waals surface area contributed by atoms with Crippen LogP contribution in [0.5, 0.6) is 0 Å². The minimum absolute atomic E-state index is 0.118. The third-order valence-corrected chi connectivity index (χ3v) is 2.44.